The molecule has 0 aliphatic rings. The lowest BCUT2D eigenvalue weighted by atomic mass is 10.1. The number of hydrogen-bond donors (Lipinski definition) is 0. The molecule has 1 aromatic carbocycles. The van der Waals surface area contributed by atoms with Gasteiger partial charge >= 0.3 is 0 Å². The van der Waals surface area contributed by atoms with Gasteiger partial charge in [-0.1, -0.05) is 6.07 Å². The SMILES string of the molecule is N#C/C(=C\c1cccn1-c1ccc([N+](=O)[O-])cc1)c1ccccn1. The molecular weight excluding hydrogens is 304 g/mol. The van der Waals surface area contributed by atoms with E-state index in [1.54, 1.807) is 36.5 Å². The second-order valence-corrected chi connectivity index (χ2v) is 4.96. The number of nitriles is 1. The Morgan fingerprint density at radius 3 is 2.58 bits per heavy atom. The molecule has 0 unspecified atom stereocenters. The Morgan fingerprint density at radius 2 is 1.96 bits per heavy atom. The van der Waals surface area contributed by atoms with Crippen LogP contribution in [0.2, 0.25) is 0 Å². The third-order valence-electron chi connectivity index (χ3n) is 3.47. The van der Waals surface area contributed by atoms with Crippen LogP contribution in [0.5, 0.6) is 0 Å². The van der Waals surface area contributed by atoms with E-state index < -0.39 is 4.92 Å². The van der Waals surface area contributed by atoms with E-state index in [1.165, 1.54) is 12.1 Å². The van der Waals surface area contributed by atoms with Crippen LogP contribution in [0.4, 0.5) is 5.69 Å². The highest BCUT2D eigenvalue weighted by atomic mass is 16.6. The maximum Gasteiger partial charge on any atom is 0.269 e. The molecule has 6 nitrogen and oxygen atoms in total. The van der Waals surface area contributed by atoms with E-state index in [4.69, 9.17) is 0 Å². The smallest absolute Gasteiger partial charge is 0.269 e. The molecule has 3 aromatic rings. The highest BCUT2D eigenvalue weighted by molar-refractivity contribution is 5.87. The van der Waals surface area contributed by atoms with Crippen molar-refractivity contribution in [3.63, 3.8) is 0 Å². The molecule has 0 spiro atoms. The summed E-state index contributed by atoms with van der Waals surface area (Å²) in [6.07, 6.45) is 5.21. The topological polar surface area (TPSA) is 84.8 Å². The quantitative estimate of drug-likeness (QED) is 0.416. The van der Waals surface area contributed by atoms with E-state index in [0.717, 1.165) is 11.4 Å². The molecular formula is C18H12N4O2. The number of nitrogens with zero attached hydrogens (tertiary/aromatic N) is 4. The van der Waals surface area contributed by atoms with E-state index in [0.29, 0.717) is 11.3 Å². The molecule has 2 heterocycles. The second-order valence-electron chi connectivity index (χ2n) is 4.96. The van der Waals surface area contributed by atoms with Crippen molar-refractivity contribution in [1.29, 1.82) is 5.26 Å². The van der Waals surface area contributed by atoms with Gasteiger partial charge in [-0.25, -0.2) is 0 Å². The second kappa shape index (κ2) is 6.58. The van der Waals surface area contributed by atoms with Crippen molar-refractivity contribution in [3.05, 3.63) is 88.5 Å². The van der Waals surface area contributed by atoms with Crippen molar-refractivity contribution in [2.45, 2.75) is 0 Å². The Morgan fingerprint density at radius 1 is 1.17 bits per heavy atom. The number of allylic oxidation sites excluding steroid dienone is 1. The maximum absolute atomic E-state index is 10.8. The zero-order valence-corrected chi connectivity index (χ0v) is 12.5. The molecule has 0 aliphatic heterocycles. The molecule has 24 heavy (non-hydrogen) atoms. The van der Waals surface area contributed by atoms with E-state index in [-0.39, 0.29) is 5.69 Å². The third kappa shape index (κ3) is 3.05. The Kier molecular flexibility index (Phi) is 4.17. The van der Waals surface area contributed by atoms with Gasteiger partial charge in [-0.3, -0.25) is 15.1 Å². The Bertz CT molecular complexity index is 935. The number of nitro benzene ring substituents is 1. The molecule has 116 valence electrons. The number of hydrogen-bond acceptors (Lipinski definition) is 4. The summed E-state index contributed by atoms with van der Waals surface area (Å²) in [6, 6.07) is 17.5. The number of rotatable bonds is 4. The summed E-state index contributed by atoms with van der Waals surface area (Å²) >= 11 is 0. The summed E-state index contributed by atoms with van der Waals surface area (Å²) in [5, 5.41) is 20.1. The molecule has 6 heteroatoms. The van der Waals surface area contributed by atoms with Crippen molar-refractivity contribution in [3.8, 4) is 11.8 Å². The molecule has 0 aliphatic carbocycles. The predicted octanol–water partition coefficient (Wildman–Crippen LogP) is 3.84. The van der Waals surface area contributed by atoms with Gasteiger partial charge in [0.1, 0.15) is 6.07 Å². The van der Waals surface area contributed by atoms with Crippen LogP contribution in [-0.2, 0) is 0 Å². The number of nitro groups is 1. The van der Waals surface area contributed by atoms with Crippen molar-refractivity contribution >= 4 is 17.3 Å². The van der Waals surface area contributed by atoms with Gasteiger partial charge in [0, 0.05) is 35.9 Å². The fraction of sp³-hybridized carbons (Fsp3) is 0. The Hall–Kier alpha value is -3.72. The summed E-state index contributed by atoms with van der Waals surface area (Å²) in [5.74, 6) is 0. The fourth-order valence-corrected chi connectivity index (χ4v) is 2.32. The Balaban J connectivity index is 2.00. The average molecular weight is 316 g/mol. The monoisotopic (exact) mass is 316 g/mol. The molecule has 2 aromatic heterocycles. The number of pyridine rings is 1. The van der Waals surface area contributed by atoms with Crippen LogP contribution in [0.1, 0.15) is 11.4 Å². The first-order valence-corrected chi connectivity index (χ1v) is 7.14. The average Bonchev–Trinajstić information content (AvgIpc) is 3.08. The molecule has 0 amide bonds. The number of aromatic nitrogens is 2. The van der Waals surface area contributed by atoms with Gasteiger partial charge in [0.2, 0.25) is 0 Å². The molecule has 3 rings (SSSR count). The standard InChI is InChI=1S/C18H12N4O2/c19-13-14(18-5-1-2-10-20-18)12-17-4-3-11-21(17)15-6-8-16(9-7-15)22(23)24/h1-12H/b14-12+. The summed E-state index contributed by atoms with van der Waals surface area (Å²) in [7, 11) is 0. The Labute approximate surface area is 138 Å². The van der Waals surface area contributed by atoms with Gasteiger partial charge in [0.05, 0.1) is 16.2 Å². The largest absolute Gasteiger partial charge is 0.317 e. The van der Waals surface area contributed by atoms with Crippen LogP contribution in [0.15, 0.2) is 67.0 Å². The lowest BCUT2D eigenvalue weighted by molar-refractivity contribution is -0.384. The van der Waals surface area contributed by atoms with E-state index >= 15 is 0 Å². The van der Waals surface area contributed by atoms with Gasteiger partial charge in [0.25, 0.3) is 5.69 Å². The minimum absolute atomic E-state index is 0.0363. The van der Waals surface area contributed by atoms with Gasteiger partial charge in [-0.05, 0) is 42.5 Å². The number of benzene rings is 1. The fourth-order valence-electron chi connectivity index (χ4n) is 2.32. The van der Waals surface area contributed by atoms with Crippen molar-refractivity contribution in [2.75, 3.05) is 0 Å². The highest BCUT2D eigenvalue weighted by Gasteiger charge is 2.08. The summed E-state index contributed by atoms with van der Waals surface area (Å²) in [6.45, 7) is 0. The normalized spacial score (nSPS) is 11.0. The first-order chi connectivity index (χ1) is 11.7. The summed E-state index contributed by atoms with van der Waals surface area (Å²) in [5.41, 5.74) is 2.63. The zero-order chi connectivity index (χ0) is 16.9. The first kappa shape index (κ1) is 15.2. The molecule has 0 saturated carbocycles. The van der Waals surface area contributed by atoms with Crippen LogP contribution >= 0.6 is 0 Å². The molecule has 0 bridgehead atoms. The molecule has 0 fully saturated rings. The van der Waals surface area contributed by atoms with Crippen LogP contribution in [0.25, 0.3) is 17.3 Å². The summed E-state index contributed by atoms with van der Waals surface area (Å²) < 4.78 is 1.85. The van der Waals surface area contributed by atoms with E-state index in [1.807, 2.05) is 29.0 Å². The minimum Gasteiger partial charge on any atom is -0.317 e. The van der Waals surface area contributed by atoms with Gasteiger partial charge in [-0.15, -0.1) is 0 Å². The first-order valence-electron chi connectivity index (χ1n) is 7.14. The third-order valence-corrected chi connectivity index (χ3v) is 3.47. The highest BCUT2D eigenvalue weighted by Crippen LogP contribution is 2.21. The van der Waals surface area contributed by atoms with Gasteiger partial charge in [-0.2, -0.15) is 5.26 Å². The molecule has 0 radical (unpaired) electrons. The van der Waals surface area contributed by atoms with E-state index in [9.17, 15) is 15.4 Å². The molecule has 0 saturated heterocycles. The van der Waals surface area contributed by atoms with Crippen molar-refractivity contribution in [2.24, 2.45) is 0 Å². The molecule has 0 atom stereocenters. The predicted molar refractivity (Wildman–Crippen MR) is 90.1 cm³/mol. The van der Waals surface area contributed by atoms with Crippen molar-refractivity contribution < 1.29 is 4.92 Å². The number of non-ortho nitro benzene ring substituents is 1. The minimum atomic E-state index is -0.435. The maximum atomic E-state index is 10.8. The lowest BCUT2D eigenvalue weighted by Crippen LogP contribution is -1.96. The van der Waals surface area contributed by atoms with Gasteiger partial charge in [0.15, 0.2) is 0 Å². The molecule has 0 N–H and O–H groups in total. The van der Waals surface area contributed by atoms with Gasteiger partial charge < -0.3 is 4.57 Å². The zero-order valence-electron chi connectivity index (χ0n) is 12.5. The summed E-state index contributed by atoms with van der Waals surface area (Å²) in [4.78, 5) is 14.5. The van der Waals surface area contributed by atoms with Crippen LogP contribution < -0.4 is 0 Å². The van der Waals surface area contributed by atoms with Crippen molar-refractivity contribution in [1.82, 2.24) is 9.55 Å². The van der Waals surface area contributed by atoms with E-state index in [2.05, 4.69) is 11.1 Å². The van der Waals surface area contributed by atoms with Crippen LogP contribution in [0, 0.1) is 21.4 Å². The van der Waals surface area contributed by atoms with Crippen LogP contribution in [0.3, 0.4) is 0 Å². The van der Waals surface area contributed by atoms with Crippen LogP contribution in [-0.4, -0.2) is 14.5 Å². The lowest BCUT2D eigenvalue weighted by Gasteiger charge is -2.07.